The summed E-state index contributed by atoms with van der Waals surface area (Å²) in [6, 6.07) is 8.84. The number of nitrogens with two attached hydrogens (primary N) is 1. The summed E-state index contributed by atoms with van der Waals surface area (Å²) in [5, 5.41) is 2.78. The second-order valence-electron chi connectivity index (χ2n) is 7.21. The van der Waals surface area contributed by atoms with Gasteiger partial charge in [-0.2, -0.15) is 0 Å². The summed E-state index contributed by atoms with van der Waals surface area (Å²) in [6.45, 7) is 6.94. The van der Waals surface area contributed by atoms with Crippen molar-refractivity contribution in [1.82, 2.24) is 10.2 Å². The van der Waals surface area contributed by atoms with Crippen LogP contribution in [0.2, 0.25) is 0 Å². The SMILES string of the molecule is CC(C)(C)OC(=O)N1CCCCC1CNC(N)=S.O=C(Cl)c1ccccc1. The van der Waals surface area contributed by atoms with Crippen LogP contribution < -0.4 is 11.1 Å². The first-order chi connectivity index (χ1) is 12.6. The first kappa shape index (κ1) is 23.2. The number of piperidine rings is 1. The van der Waals surface area contributed by atoms with E-state index in [-0.39, 0.29) is 17.2 Å². The smallest absolute Gasteiger partial charge is 0.410 e. The quantitative estimate of drug-likeness (QED) is 0.580. The number of likely N-dealkylation sites (tertiary alicyclic amines) is 1. The van der Waals surface area contributed by atoms with Gasteiger partial charge < -0.3 is 20.7 Å². The fourth-order valence-corrected chi connectivity index (χ4v) is 2.77. The molecule has 1 aromatic carbocycles. The maximum absolute atomic E-state index is 12.1. The predicted octanol–water partition coefficient (Wildman–Crippen LogP) is 3.67. The number of thiocarbonyl (C=S) groups is 1. The molecule has 1 aromatic rings. The molecule has 2 rings (SSSR count). The molecule has 0 aromatic heterocycles. The highest BCUT2D eigenvalue weighted by Gasteiger charge is 2.30. The Morgan fingerprint density at radius 3 is 2.41 bits per heavy atom. The third-order valence-corrected chi connectivity index (χ3v) is 4.13. The van der Waals surface area contributed by atoms with Gasteiger partial charge in [0, 0.05) is 18.7 Å². The number of benzene rings is 1. The van der Waals surface area contributed by atoms with Gasteiger partial charge in [0.15, 0.2) is 5.11 Å². The summed E-state index contributed by atoms with van der Waals surface area (Å²) < 4.78 is 5.41. The lowest BCUT2D eigenvalue weighted by Gasteiger charge is -2.36. The molecule has 1 atom stereocenters. The van der Waals surface area contributed by atoms with Crippen LogP contribution in [0.25, 0.3) is 0 Å². The number of nitrogens with zero attached hydrogens (tertiary/aromatic N) is 1. The molecule has 1 fully saturated rings. The minimum Gasteiger partial charge on any atom is -0.444 e. The average Bonchev–Trinajstić information content (AvgIpc) is 2.60. The molecule has 0 bridgehead atoms. The molecule has 6 nitrogen and oxygen atoms in total. The van der Waals surface area contributed by atoms with Gasteiger partial charge in [0.1, 0.15) is 5.60 Å². The van der Waals surface area contributed by atoms with Crippen molar-refractivity contribution >= 4 is 40.3 Å². The zero-order valence-corrected chi connectivity index (χ0v) is 17.6. The van der Waals surface area contributed by atoms with E-state index in [0.717, 1.165) is 25.8 Å². The van der Waals surface area contributed by atoms with Crippen LogP contribution in [0.1, 0.15) is 50.4 Å². The van der Waals surface area contributed by atoms with Gasteiger partial charge in [-0.3, -0.25) is 4.79 Å². The standard InChI is InChI=1S/C12H23N3O2S.C7H5ClO/c1-12(2,3)17-11(16)15-7-5-4-6-9(15)8-14-10(13)18;8-7(9)6-4-2-1-3-5-6/h9H,4-8H2,1-3H3,(H3,13,14,18);1-5H. The molecule has 0 saturated carbocycles. The molecule has 0 spiro atoms. The Kier molecular flexibility index (Phi) is 9.52. The lowest BCUT2D eigenvalue weighted by Crippen LogP contribution is -2.51. The number of ether oxygens (including phenoxy) is 1. The molecule has 8 heteroatoms. The molecule has 0 radical (unpaired) electrons. The largest absolute Gasteiger partial charge is 0.444 e. The van der Waals surface area contributed by atoms with Crippen LogP contribution in [-0.2, 0) is 4.74 Å². The van der Waals surface area contributed by atoms with Gasteiger partial charge in [-0.15, -0.1) is 0 Å². The van der Waals surface area contributed by atoms with E-state index in [1.807, 2.05) is 26.8 Å². The second-order valence-corrected chi connectivity index (χ2v) is 7.99. The summed E-state index contributed by atoms with van der Waals surface area (Å²) in [7, 11) is 0. The number of halogens is 1. The summed E-state index contributed by atoms with van der Waals surface area (Å²) in [5.74, 6) is 0. The predicted molar refractivity (Wildman–Crippen MR) is 112 cm³/mol. The molecule has 1 aliphatic rings. The minimum atomic E-state index is -0.463. The van der Waals surface area contributed by atoms with Crippen LogP contribution in [-0.4, -0.2) is 46.1 Å². The maximum atomic E-state index is 12.1. The molecule has 1 amide bonds. The van der Waals surface area contributed by atoms with Crippen molar-refractivity contribution in [2.24, 2.45) is 5.73 Å². The summed E-state index contributed by atoms with van der Waals surface area (Å²) >= 11 is 9.95. The molecule has 1 heterocycles. The Bertz CT molecular complexity index is 635. The van der Waals surface area contributed by atoms with Crippen molar-refractivity contribution in [2.45, 2.75) is 51.7 Å². The van der Waals surface area contributed by atoms with Gasteiger partial charge in [-0.1, -0.05) is 30.3 Å². The summed E-state index contributed by atoms with van der Waals surface area (Å²) in [5.41, 5.74) is 5.50. The van der Waals surface area contributed by atoms with E-state index in [1.165, 1.54) is 0 Å². The molecule has 0 aliphatic carbocycles. The van der Waals surface area contributed by atoms with Crippen LogP contribution >= 0.6 is 23.8 Å². The Labute approximate surface area is 171 Å². The van der Waals surface area contributed by atoms with E-state index in [1.54, 1.807) is 29.2 Å². The fraction of sp³-hybridized carbons (Fsp3) is 0.526. The summed E-state index contributed by atoms with van der Waals surface area (Å²) in [4.78, 5) is 24.3. The van der Waals surface area contributed by atoms with Crippen LogP contribution in [0, 0.1) is 0 Å². The average molecular weight is 414 g/mol. The van der Waals surface area contributed by atoms with Crippen molar-refractivity contribution in [3.8, 4) is 0 Å². The Balaban J connectivity index is 0.000000337. The summed E-state index contributed by atoms with van der Waals surface area (Å²) in [6.07, 6.45) is 2.83. The highest BCUT2D eigenvalue weighted by Crippen LogP contribution is 2.19. The number of hydrogen-bond acceptors (Lipinski definition) is 4. The van der Waals surface area contributed by atoms with E-state index >= 15 is 0 Å². The highest BCUT2D eigenvalue weighted by atomic mass is 35.5. The molecule has 1 saturated heterocycles. The van der Waals surface area contributed by atoms with E-state index in [9.17, 15) is 9.59 Å². The third-order valence-electron chi connectivity index (χ3n) is 3.77. The zero-order chi connectivity index (χ0) is 20.4. The Morgan fingerprint density at radius 1 is 1.30 bits per heavy atom. The minimum absolute atomic E-state index is 0.107. The van der Waals surface area contributed by atoms with Crippen molar-refractivity contribution in [3.63, 3.8) is 0 Å². The Morgan fingerprint density at radius 2 is 1.93 bits per heavy atom. The number of carbonyl (C=O) groups is 2. The van der Waals surface area contributed by atoms with Gasteiger partial charge in [0.25, 0.3) is 5.24 Å². The van der Waals surface area contributed by atoms with E-state index in [2.05, 4.69) is 5.32 Å². The molecular weight excluding hydrogens is 386 g/mol. The van der Waals surface area contributed by atoms with E-state index in [4.69, 9.17) is 34.3 Å². The fourth-order valence-electron chi connectivity index (χ4n) is 2.56. The molecule has 150 valence electrons. The van der Waals surface area contributed by atoms with Crippen molar-refractivity contribution in [1.29, 1.82) is 0 Å². The van der Waals surface area contributed by atoms with Gasteiger partial charge in [-0.05, 0) is 63.9 Å². The number of nitrogens with one attached hydrogen (secondary N) is 1. The van der Waals surface area contributed by atoms with Gasteiger partial charge in [0.2, 0.25) is 0 Å². The first-order valence-electron chi connectivity index (χ1n) is 8.88. The molecule has 27 heavy (non-hydrogen) atoms. The lowest BCUT2D eigenvalue weighted by atomic mass is 10.0. The molecule has 1 aliphatic heterocycles. The van der Waals surface area contributed by atoms with Crippen LogP contribution in [0.15, 0.2) is 30.3 Å². The number of carbonyl (C=O) groups excluding carboxylic acids is 2. The normalized spacial score (nSPS) is 16.6. The monoisotopic (exact) mass is 413 g/mol. The van der Waals surface area contributed by atoms with Crippen molar-refractivity contribution in [2.75, 3.05) is 13.1 Å². The van der Waals surface area contributed by atoms with Crippen molar-refractivity contribution < 1.29 is 14.3 Å². The Hall–Kier alpha value is -1.86. The van der Waals surface area contributed by atoms with E-state index < -0.39 is 10.8 Å². The first-order valence-corrected chi connectivity index (χ1v) is 9.66. The van der Waals surface area contributed by atoms with Gasteiger partial charge in [-0.25, -0.2) is 4.79 Å². The lowest BCUT2D eigenvalue weighted by molar-refractivity contribution is 0.0104. The molecule has 3 N–H and O–H groups in total. The van der Waals surface area contributed by atoms with Crippen LogP contribution in [0.3, 0.4) is 0 Å². The van der Waals surface area contributed by atoms with Crippen LogP contribution in [0.4, 0.5) is 4.79 Å². The topological polar surface area (TPSA) is 84.7 Å². The van der Waals surface area contributed by atoms with Crippen LogP contribution in [0.5, 0.6) is 0 Å². The highest BCUT2D eigenvalue weighted by molar-refractivity contribution is 7.80. The molecule has 1 unspecified atom stereocenters. The maximum Gasteiger partial charge on any atom is 0.410 e. The van der Waals surface area contributed by atoms with Gasteiger partial charge in [0.05, 0.1) is 6.04 Å². The second kappa shape index (κ2) is 11.1. The van der Waals surface area contributed by atoms with Crippen molar-refractivity contribution in [3.05, 3.63) is 35.9 Å². The van der Waals surface area contributed by atoms with E-state index in [0.29, 0.717) is 12.1 Å². The number of amides is 1. The number of rotatable bonds is 3. The molecular formula is C19H28ClN3O3S. The third kappa shape index (κ3) is 9.58. The van der Waals surface area contributed by atoms with Gasteiger partial charge >= 0.3 is 6.09 Å². The zero-order valence-electron chi connectivity index (χ0n) is 16.0. The number of hydrogen-bond donors (Lipinski definition) is 2.